The quantitative estimate of drug-likeness (QED) is 0.632. The highest BCUT2D eigenvalue weighted by molar-refractivity contribution is 7.89. The molecule has 0 saturated carbocycles. The van der Waals surface area contributed by atoms with Crippen molar-refractivity contribution in [2.75, 3.05) is 31.6 Å². The van der Waals surface area contributed by atoms with Crippen molar-refractivity contribution in [2.45, 2.75) is 50.5 Å². The van der Waals surface area contributed by atoms with E-state index in [0.717, 1.165) is 24.0 Å². The van der Waals surface area contributed by atoms with E-state index in [0.29, 0.717) is 49.7 Å². The van der Waals surface area contributed by atoms with Crippen molar-refractivity contribution in [3.8, 4) is 5.75 Å². The Morgan fingerprint density at radius 2 is 1.86 bits per heavy atom. The van der Waals surface area contributed by atoms with Gasteiger partial charge in [-0.25, -0.2) is 8.42 Å². The second kappa shape index (κ2) is 10.8. The van der Waals surface area contributed by atoms with Gasteiger partial charge in [0.1, 0.15) is 12.3 Å². The number of ether oxygens (including phenoxy) is 1. The zero-order valence-electron chi connectivity index (χ0n) is 20.3. The molecule has 1 fully saturated rings. The minimum Gasteiger partial charge on any atom is -0.496 e. The number of piperidine rings is 1. The molecule has 1 saturated heterocycles. The number of anilines is 1. The second-order valence-corrected chi connectivity index (χ2v) is 11.2. The second-order valence-electron chi connectivity index (χ2n) is 9.30. The normalized spacial score (nSPS) is 17.5. The number of amides is 2. The van der Waals surface area contributed by atoms with Gasteiger partial charge in [-0.15, -0.1) is 0 Å². The average molecular weight is 500 g/mol. The van der Waals surface area contributed by atoms with Crippen LogP contribution in [-0.4, -0.2) is 51.3 Å². The molecule has 2 heterocycles. The van der Waals surface area contributed by atoms with Crippen LogP contribution >= 0.6 is 0 Å². The lowest BCUT2D eigenvalue weighted by atomic mass is 10.0. The molecule has 188 valence electrons. The molecule has 2 aromatic carbocycles. The van der Waals surface area contributed by atoms with E-state index in [9.17, 15) is 18.0 Å². The zero-order valence-corrected chi connectivity index (χ0v) is 21.1. The number of hydrogen-bond acceptors (Lipinski definition) is 5. The van der Waals surface area contributed by atoms with E-state index in [2.05, 4.69) is 12.2 Å². The Labute approximate surface area is 207 Å². The molecule has 0 atom stereocenters. The molecule has 4 rings (SSSR count). The van der Waals surface area contributed by atoms with Crippen LogP contribution in [0.2, 0.25) is 0 Å². The minimum atomic E-state index is -3.59. The summed E-state index contributed by atoms with van der Waals surface area (Å²) < 4.78 is 33.3. The molecule has 0 spiro atoms. The van der Waals surface area contributed by atoms with E-state index in [1.807, 2.05) is 24.3 Å². The zero-order chi connectivity index (χ0) is 25.0. The lowest BCUT2D eigenvalue weighted by molar-refractivity contribution is -0.123. The van der Waals surface area contributed by atoms with Crippen molar-refractivity contribution < 1.29 is 22.7 Å². The molecule has 8 nitrogen and oxygen atoms in total. The third kappa shape index (κ3) is 5.67. The molecule has 0 radical (unpaired) electrons. The topological polar surface area (TPSA) is 96.0 Å². The summed E-state index contributed by atoms with van der Waals surface area (Å²) in [6.45, 7) is 3.35. The summed E-state index contributed by atoms with van der Waals surface area (Å²) in [6, 6.07) is 12.3. The third-order valence-corrected chi connectivity index (χ3v) is 8.72. The first-order valence-electron chi connectivity index (χ1n) is 12.1. The van der Waals surface area contributed by atoms with Gasteiger partial charge in [-0.1, -0.05) is 25.1 Å². The number of carbonyl (C=O) groups is 2. The SMILES string of the molecule is COc1ccccc1CNC(=O)CN1C(=O)CCCc2cc(S(=O)(=O)N3CCC(C)CC3)ccc21. The van der Waals surface area contributed by atoms with Crippen LogP contribution in [0.1, 0.15) is 43.7 Å². The van der Waals surface area contributed by atoms with Crippen LogP contribution in [0.5, 0.6) is 5.75 Å². The fraction of sp³-hybridized carbons (Fsp3) is 0.462. The summed E-state index contributed by atoms with van der Waals surface area (Å²) in [5.41, 5.74) is 2.22. The van der Waals surface area contributed by atoms with Crippen LogP contribution in [-0.2, 0) is 32.6 Å². The van der Waals surface area contributed by atoms with E-state index in [-0.39, 0.29) is 29.8 Å². The molecule has 0 unspecified atom stereocenters. The van der Waals surface area contributed by atoms with Crippen LogP contribution in [0.25, 0.3) is 0 Å². The number of nitrogens with zero attached hydrogens (tertiary/aromatic N) is 2. The van der Waals surface area contributed by atoms with Crippen molar-refractivity contribution in [1.82, 2.24) is 9.62 Å². The number of methoxy groups -OCH3 is 1. The summed E-state index contributed by atoms with van der Waals surface area (Å²) in [5.74, 6) is 0.774. The standard InChI is InChI=1S/C26H33N3O5S/c1-19-12-14-28(15-13-19)35(32,33)22-10-11-23-20(16-22)7-5-9-26(31)29(23)18-25(30)27-17-21-6-3-4-8-24(21)34-2/h3-4,6,8,10-11,16,19H,5,7,9,12-15,17-18H2,1-2H3,(H,27,30). The molecule has 35 heavy (non-hydrogen) atoms. The Kier molecular flexibility index (Phi) is 7.76. The number of hydrogen-bond donors (Lipinski definition) is 1. The summed E-state index contributed by atoms with van der Waals surface area (Å²) in [5, 5.41) is 2.86. The van der Waals surface area contributed by atoms with Crippen molar-refractivity contribution in [1.29, 1.82) is 0 Å². The van der Waals surface area contributed by atoms with E-state index in [1.54, 1.807) is 29.6 Å². The number of sulfonamides is 1. The molecule has 2 aliphatic heterocycles. The number of carbonyl (C=O) groups excluding carboxylic acids is 2. The maximum atomic E-state index is 13.2. The number of nitrogens with one attached hydrogen (secondary N) is 1. The van der Waals surface area contributed by atoms with Crippen LogP contribution in [0.4, 0.5) is 5.69 Å². The van der Waals surface area contributed by atoms with E-state index < -0.39 is 10.0 Å². The number of rotatable bonds is 7. The Hall–Kier alpha value is -2.91. The smallest absolute Gasteiger partial charge is 0.243 e. The average Bonchev–Trinajstić information content (AvgIpc) is 3.01. The van der Waals surface area contributed by atoms with Gasteiger partial charge >= 0.3 is 0 Å². The molecule has 0 aromatic heterocycles. The molecule has 1 N–H and O–H groups in total. The summed E-state index contributed by atoms with van der Waals surface area (Å²) in [6.07, 6.45) is 3.21. The third-order valence-electron chi connectivity index (χ3n) is 6.83. The maximum absolute atomic E-state index is 13.2. The highest BCUT2D eigenvalue weighted by Gasteiger charge is 2.30. The van der Waals surface area contributed by atoms with Crippen molar-refractivity contribution in [2.24, 2.45) is 5.92 Å². The fourth-order valence-corrected chi connectivity index (χ4v) is 6.20. The molecular formula is C26H33N3O5S. The van der Waals surface area contributed by atoms with Gasteiger partial charge in [0.25, 0.3) is 0 Å². The first-order chi connectivity index (χ1) is 16.8. The first kappa shape index (κ1) is 25.2. The van der Waals surface area contributed by atoms with Gasteiger partial charge in [-0.05, 0) is 61.4 Å². The summed E-state index contributed by atoms with van der Waals surface area (Å²) in [7, 11) is -2.01. The largest absolute Gasteiger partial charge is 0.496 e. The Morgan fingerprint density at radius 1 is 1.11 bits per heavy atom. The van der Waals surface area contributed by atoms with Gasteiger partial charge in [0.15, 0.2) is 0 Å². The fourth-order valence-electron chi connectivity index (χ4n) is 4.68. The molecular weight excluding hydrogens is 466 g/mol. The van der Waals surface area contributed by atoms with Gasteiger partial charge < -0.3 is 15.0 Å². The highest BCUT2D eigenvalue weighted by atomic mass is 32.2. The van der Waals surface area contributed by atoms with Gasteiger partial charge in [-0.3, -0.25) is 9.59 Å². The van der Waals surface area contributed by atoms with Crippen molar-refractivity contribution in [3.63, 3.8) is 0 Å². The van der Waals surface area contributed by atoms with Crippen molar-refractivity contribution >= 4 is 27.5 Å². The molecule has 0 bridgehead atoms. The maximum Gasteiger partial charge on any atom is 0.243 e. The molecule has 0 aliphatic carbocycles. The van der Waals surface area contributed by atoms with E-state index >= 15 is 0 Å². The van der Waals surface area contributed by atoms with Crippen LogP contribution in [0, 0.1) is 5.92 Å². The van der Waals surface area contributed by atoms with Crippen LogP contribution in [0.3, 0.4) is 0 Å². The number of aryl methyl sites for hydroxylation is 1. The molecule has 2 amide bonds. The monoisotopic (exact) mass is 499 g/mol. The lowest BCUT2D eigenvalue weighted by Gasteiger charge is -2.30. The molecule has 2 aromatic rings. The number of benzene rings is 2. The Bertz CT molecular complexity index is 1190. The molecule has 2 aliphatic rings. The Balaban J connectivity index is 1.51. The molecule has 9 heteroatoms. The Morgan fingerprint density at radius 3 is 2.60 bits per heavy atom. The van der Waals surface area contributed by atoms with E-state index in [1.165, 1.54) is 4.90 Å². The van der Waals surface area contributed by atoms with Crippen LogP contribution in [0.15, 0.2) is 47.4 Å². The summed E-state index contributed by atoms with van der Waals surface area (Å²) in [4.78, 5) is 27.3. The van der Waals surface area contributed by atoms with Gasteiger partial charge in [0.2, 0.25) is 21.8 Å². The highest BCUT2D eigenvalue weighted by Crippen LogP contribution is 2.31. The first-order valence-corrected chi connectivity index (χ1v) is 13.6. The summed E-state index contributed by atoms with van der Waals surface area (Å²) >= 11 is 0. The predicted octanol–water partition coefficient (Wildman–Crippen LogP) is 3.10. The van der Waals surface area contributed by atoms with Gasteiger partial charge in [-0.2, -0.15) is 4.31 Å². The number of fused-ring (bicyclic) bond motifs is 1. The van der Waals surface area contributed by atoms with E-state index in [4.69, 9.17) is 4.74 Å². The van der Waals surface area contributed by atoms with Gasteiger partial charge in [0, 0.05) is 37.3 Å². The van der Waals surface area contributed by atoms with Crippen molar-refractivity contribution in [3.05, 3.63) is 53.6 Å². The van der Waals surface area contributed by atoms with Gasteiger partial charge in [0.05, 0.1) is 12.0 Å². The lowest BCUT2D eigenvalue weighted by Crippen LogP contribution is -2.40. The minimum absolute atomic E-state index is 0.128. The number of para-hydroxylation sites is 1. The predicted molar refractivity (Wildman–Crippen MR) is 134 cm³/mol. The van der Waals surface area contributed by atoms with Crippen LogP contribution < -0.4 is 15.0 Å².